The van der Waals surface area contributed by atoms with E-state index in [1.54, 1.807) is 29.2 Å². The Morgan fingerprint density at radius 2 is 1.66 bits per heavy atom. The molecule has 0 aliphatic carbocycles. The summed E-state index contributed by atoms with van der Waals surface area (Å²) < 4.78 is 43.7. The number of esters is 1. The Bertz CT molecular complexity index is 908. The van der Waals surface area contributed by atoms with Crippen molar-refractivity contribution < 1.29 is 27.5 Å². The Morgan fingerprint density at radius 3 is 2.19 bits per heavy atom. The van der Waals surface area contributed by atoms with Crippen LogP contribution in [0.1, 0.15) is 35.6 Å². The lowest BCUT2D eigenvalue weighted by molar-refractivity contribution is -0.156. The molecule has 1 aliphatic rings. The maximum absolute atomic E-state index is 13.5. The van der Waals surface area contributed by atoms with Crippen molar-refractivity contribution in [3.8, 4) is 0 Å². The second kappa shape index (κ2) is 10.2. The highest BCUT2D eigenvalue weighted by Crippen LogP contribution is 2.31. The molecule has 1 heterocycles. The first-order valence-electron chi connectivity index (χ1n) is 10.5. The van der Waals surface area contributed by atoms with Gasteiger partial charge in [-0.1, -0.05) is 42.5 Å². The number of hydrogen-bond donors (Lipinski definition) is 0. The van der Waals surface area contributed by atoms with E-state index in [0.29, 0.717) is 24.0 Å². The number of amides is 1. The Kier molecular flexibility index (Phi) is 7.56. The van der Waals surface area contributed by atoms with Crippen LogP contribution in [-0.2, 0) is 26.9 Å². The maximum atomic E-state index is 13.5. The number of benzene rings is 2. The smallest absolute Gasteiger partial charge is 0.416 e. The number of halogens is 3. The van der Waals surface area contributed by atoms with Gasteiger partial charge >= 0.3 is 12.1 Å². The van der Waals surface area contributed by atoms with Gasteiger partial charge < -0.3 is 14.5 Å². The fourth-order valence-corrected chi connectivity index (χ4v) is 4.07. The van der Waals surface area contributed by atoms with Crippen LogP contribution in [0.5, 0.6) is 0 Å². The summed E-state index contributed by atoms with van der Waals surface area (Å²) in [5, 5.41) is 0. The van der Waals surface area contributed by atoms with E-state index < -0.39 is 23.8 Å². The third-order valence-electron chi connectivity index (χ3n) is 5.82. The van der Waals surface area contributed by atoms with Gasteiger partial charge in [0, 0.05) is 6.04 Å². The summed E-state index contributed by atoms with van der Waals surface area (Å²) in [6.45, 7) is 1.55. The van der Waals surface area contributed by atoms with Gasteiger partial charge in [-0.25, -0.2) is 4.79 Å². The van der Waals surface area contributed by atoms with E-state index >= 15 is 0 Å². The average molecular weight is 448 g/mol. The van der Waals surface area contributed by atoms with Crippen molar-refractivity contribution in [1.82, 2.24) is 9.80 Å². The van der Waals surface area contributed by atoms with Gasteiger partial charge in [-0.15, -0.1) is 0 Å². The molecule has 5 nitrogen and oxygen atoms in total. The number of piperidine rings is 1. The normalized spacial score (nSPS) is 16.4. The molecule has 0 saturated carbocycles. The molecule has 1 unspecified atom stereocenters. The summed E-state index contributed by atoms with van der Waals surface area (Å²) in [6.07, 6.45) is -3.16. The van der Waals surface area contributed by atoms with Crippen LogP contribution < -0.4 is 0 Å². The average Bonchev–Trinajstić information content (AvgIpc) is 2.78. The molecule has 1 atom stereocenters. The molecule has 0 aromatic heterocycles. The van der Waals surface area contributed by atoms with E-state index in [1.807, 2.05) is 13.1 Å². The quantitative estimate of drug-likeness (QED) is 0.625. The molecule has 1 saturated heterocycles. The van der Waals surface area contributed by atoms with Gasteiger partial charge in [0.15, 0.2) is 6.04 Å². The third kappa shape index (κ3) is 5.68. The van der Waals surface area contributed by atoms with Crippen LogP contribution in [0.4, 0.5) is 13.2 Å². The molecule has 0 spiro atoms. The van der Waals surface area contributed by atoms with Gasteiger partial charge in [-0.05, 0) is 56.2 Å². The second-order valence-corrected chi connectivity index (χ2v) is 8.04. The number of methoxy groups -OCH3 is 1. The van der Waals surface area contributed by atoms with Gasteiger partial charge in [0.2, 0.25) is 5.91 Å². The zero-order valence-corrected chi connectivity index (χ0v) is 18.1. The molecule has 32 heavy (non-hydrogen) atoms. The number of ether oxygens (including phenoxy) is 1. The molecule has 2 aromatic rings. The molecule has 0 N–H and O–H groups in total. The Balaban J connectivity index is 1.92. The zero-order valence-electron chi connectivity index (χ0n) is 18.1. The van der Waals surface area contributed by atoms with Crippen LogP contribution in [0.3, 0.4) is 0 Å². The van der Waals surface area contributed by atoms with E-state index in [4.69, 9.17) is 4.74 Å². The topological polar surface area (TPSA) is 49.9 Å². The maximum Gasteiger partial charge on any atom is 0.416 e. The number of carbonyl (C=O) groups excluding carboxylic acids is 2. The summed E-state index contributed by atoms with van der Waals surface area (Å²) in [6, 6.07) is 12.4. The molecular formula is C24H27F3N2O3. The first-order valence-corrected chi connectivity index (χ1v) is 10.5. The summed E-state index contributed by atoms with van der Waals surface area (Å²) in [7, 11) is 3.28. The Hall–Kier alpha value is -2.87. The van der Waals surface area contributed by atoms with Crippen molar-refractivity contribution in [3.63, 3.8) is 0 Å². The number of likely N-dealkylation sites (tertiary alicyclic amines) is 1. The standard InChI is InChI=1S/C24H27F3N2O3/c1-28-14-12-20(13-15-28)29(22(23(31)32-2)18-6-4-3-5-7-18)21(30)16-17-8-10-19(11-9-17)24(25,26)27/h3-11,20,22H,12-16H2,1-2H3. The van der Waals surface area contributed by atoms with Gasteiger partial charge in [0.25, 0.3) is 0 Å². The lowest BCUT2D eigenvalue weighted by Crippen LogP contribution is -2.50. The lowest BCUT2D eigenvalue weighted by Gasteiger charge is -2.41. The number of rotatable bonds is 6. The number of hydrogen-bond acceptors (Lipinski definition) is 4. The van der Waals surface area contributed by atoms with E-state index in [0.717, 1.165) is 25.2 Å². The summed E-state index contributed by atoms with van der Waals surface area (Å²) in [4.78, 5) is 30.0. The molecule has 1 fully saturated rings. The summed E-state index contributed by atoms with van der Waals surface area (Å²) >= 11 is 0. The fourth-order valence-electron chi connectivity index (χ4n) is 4.07. The van der Waals surface area contributed by atoms with Gasteiger partial charge in [0.05, 0.1) is 19.1 Å². The summed E-state index contributed by atoms with van der Waals surface area (Å²) in [5.74, 6) is -0.866. The molecule has 2 aromatic carbocycles. The SMILES string of the molecule is COC(=O)C(c1ccccc1)N(C(=O)Cc1ccc(C(F)(F)F)cc1)C1CCN(C)CC1. The number of carbonyl (C=O) groups is 2. The minimum absolute atomic E-state index is 0.106. The largest absolute Gasteiger partial charge is 0.467 e. The molecule has 1 aliphatic heterocycles. The third-order valence-corrected chi connectivity index (χ3v) is 5.82. The molecule has 8 heteroatoms. The zero-order chi connectivity index (χ0) is 23.3. The van der Waals surface area contributed by atoms with Crippen molar-refractivity contribution >= 4 is 11.9 Å². The molecule has 172 valence electrons. The first-order chi connectivity index (χ1) is 15.2. The van der Waals surface area contributed by atoms with Gasteiger partial charge in [-0.3, -0.25) is 4.79 Å². The van der Waals surface area contributed by atoms with Crippen molar-refractivity contribution in [1.29, 1.82) is 0 Å². The van der Waals surface area contributed by atoms with Crippen molar-refractivity contribution in [2.24, 2.45) is 0 Å². The van der Waals surface area contributed by atoms with Crippen LogP contribution >= 0.6 is 0 Å². The van der Waals surface area contributed by atoms with Crippen LogP contribution in [0.2, 0.25) is 0 Å². The van der Waals surface area contributed by atoms with E-state index in [9.17, 15) is 22.8 Å². The predicted molar refractivity (Wildman–Crippen MR) is 114 cm³/mol. The molecule has 3 rings (SSSR count). The minimum atomic E-state index is -4.44. The van der Waals surface area contributed by atoms with Crippen LogP contribution in [0.15, 0.2) is 54.6 Å². The Labute approximate surface area is 185 Å². The molecule has 0 radical (unpaired) electrons. The minimum Gasteiger partial charge on any atom is -0.467 e. The Morgan fingerprint density at radius 1 is 1.06 bits per heavy atom. The predicted octanol–water partition coefficient (Wildman–Crippen LogP) is 4.09. The van der Waals surface area contributed by atoms with Gasteiger partial charge in [-0.2, -0.15) is 13.2 Å². The van der Waals surface area contributed by atoms with Crippen molar-refractivity contribution in [2.45, 2.75) is 37.5 Å². The number of nitrogens with zero attached hydrogens (tertiary/aromatic N) is 2. The van der Waals surface area contributed by atoms with Crippen LogP contribution in [0, 0.1) is 0 Å². The van der Waals surface area contributed by atoms with Crippen LogP contribution in [0.25, 0.3) is 0 Å². The summed E-state index contributed by atoms with van der Waals surface area (Å²) in [5.41, 5.74) is 0.328. The van der Waals surface area contributed by atoms with Crippen molar-refractivity contribution in [2.75, 3.05) is 27.2 Å². The lowest BCUT2D eigenvalue weighted by atomic mass is 9.96. The van der Waals surface area contributed by atoms with Crippen molar-refractivity contribution in [3.05, 3.63) is 71.3 Å². The monoisotopic (exact) mass is 448 g/mol. The highest BCUT2D eigenvalue weighted by molar-refractivity contribution is 5.87. The molecule has 1 amide bonds. The highest BCUT2D eigenvalue weighted by Gasteiger charge is 2.38. The highest BCUT2D eigenvalue weighted by atomic mass is 19.4. The fraction of sp³-hybridized carbons (Fsp3) is 0.417. The number of alkyl halides is 3. The van der Waals surface area contributed by atoms with Gasteiger partial charge in [0.1, 0.15) is 0 Å². The van der Waals surface area contributed by atoms with E-state index in [2.05, 4.69) is 4.90 Å². The molecular weight excluding hydrogens is 421 g/mol. The van der Waals surface area contributed by atoms with Crippen LogP contribution in [-0.4, -0.2) is 55.0 Å². The van der Waals surface area contributed by atoms with E-state index in [-0.39, 0.29) is 18.4 Å². The first kappa shape index (κ1) is 23.8. The second-order valence-electron chi connectivity index (χ2n) is 8.04. The molecule has 0 bridgehead atoms. The van der Waals surface area contributed by atoms with E-state index in [1.165, 1.54) is 19.2 Å².